The van der Waals surface area contributed by atoms with Gasteiger partial charge in [0.1, 0.15) is 23.5 Å². The molecule has 0 spiro atoms. The van der Waals surface area contributed by atoms with Gasteiger partial charge in [-0.1, -0.05) is 30.3 Å². The Bertz CT molecular complexity index is 1060. The summed E-state index contributed by atoms with van der Waals surface area (Å²) in [6.07, 6.45) is 0.820. The van der Waals surface area contributed by atoms with Crippen LogP contribution in [0.25, 0.3) is 0 Å². The summed E-state index contributed by atoms with van der Waals surface area (Å²) in [7, 11) is 0. The third-order valence-corrected chi connectivity index (χ3v) is 5.03. The van der Waals surface area contributed by atoms with Gasteiger partial charge in [-0.05, 0) is 61.3 Å². The second kappa shape index (κ2) is 11.0. The van der Waals surface area contributed by atoms with Gasteiger partial charge >= 0.3 is 11.9 Å². The molecule has 3 aromatic carbocycles. The average molecular weight is 461 g/mol. The fourth-order valence-electron chi connectivity index (χ4n) is 3.38. The molecule has 0 radical (unpaired) electrons. The lowest BCUT2D eigenvalue weighted by atomic mass is 9.99. The van der Waals surface area contributed by atoms with Crippen LogP contribution in [-0.2, 0) is 10.7 Å². The van der Waals surface area contributed by atoms with Gasteiger partial charge in [-0.15, -0.1) is 0 Å². The van der Waals surface area contributed by atoms with Crippen molar-refractivity contribution in [3.63, 3.8) is 0 Å². The second-order valence-electron chi connectivity index (χ2n) is 7.45. The van der Waals surface area contributed by atoms with Crippen molar-refractivity contribution >= 4 is 5.97 Å². The lowest BCUT2D eigenvalue weighted by Gasteiger charge is -2.21. The molecule has 0 saturated carbocycles. The molecule has 3 aromatic rings. The van der Waals surface area contributed by atoms with E-state index in [2.05, 4.69) is 5.32 Å². The zero-order valence-corrected chi connectivity index (χ0v) is 17.6. The lowest BCUT2D eigenvalue weighted by molar-refractivity contribution is -0.135. The van der Waals surface area contributed by atoms with E-state index in [1.807, 2.05) is 30.3 Å². The summed E-state index contributed by atoms with van der Waals surface area (Å²) in [5.41, 5.74) is -0.471. The van der Waals surface area contributed by atoms with Crippen LogP contribution in [0.4, 0.5) is 17.6 Å². The summed E-state index contributed by atoms with van der Waals surface area (Å²) in [5.74, 6) is -6.49. The topological polar surface area (TPSA) is 58.6 Å². The summed E-state index contributed by atoms with van der Waals surface area (Å²) in [6.45, 7) is 0.342. The number of carboxylic acids is 1. The van der Waals surface area contributed by atoms with Crippen molar-refractivity contribution in [1.82, 2.24) is 5.32 Å². The molecule has 0 fully saturated rings. The molecule has 3 rings (SSSR count). The molecule has 0 saturated heterocycles. The first-order valence-electron chi connectivity index (χ1n) is 10.4. The number of halogens is 4. The molecule has 0 amide bonds. The molecule has 0 aliphatic carbocycles. The highest BCUT2D eigenvalue weighted by Crippen LogP contribution is 2.38. The van der Waals surface area contributed by atoms with Crippen LogP contribution in [0.3, 0.4) is 0 Å². The Morgan fingerprint density at radius 2 is 1.70 bits per heavy atom. The molecule has 174 valence electrons. The number of nitrogens with one attached hydrogen (secondary N) is 1. The van der Waals surface area contributed by atoms with Crippen molar-refractivity contribution in [1.29, 1.82) is 0 Å². The summed E-state index contributed by atoms with van der Waals surface area (Å²) < 4.78 is 62.6. The number of alkyl halides is 2. The maximum absolute atomic E-state index is 14.8. The van der Waals surface area contributed by atoms with Crippen LogP contribution < -0.4 is 10.1 Å². The maximum Gasteiger partial charge on any atom is 0.317 e. The Balaban J connectivity index is 1.72. The van der Waals surface area contributed by atoms with E-state index in [4.69, 9.17) is 9.84 Å². The van der Waals surface area contributed by atoms with Crippen LogP contribution in [-0.4, -0.2) is 24.2 Å². The van der Waals surface area contributed by atoms with Crippen LogP contribution in [0.1, 0.15) is 35.6 Å². The van der Waals surface area contributed by atoms with E-state index in [1.54, 1.807) is 0 Å². The summed E-state index contributed by atoms with van der Waals surface area (Å²) >= 11 is 0. The van der Waals surface area contributed by atoms with Crippen molar-refractivity contribution in [3.8, 4) is 5.75 Å². The molecule has 0 aliphatic heterocycles. The average Bonchev–Trinajstić information content (AvgIpc) is 2.78. The second-order valence-corrected chi connectivity index (χ2v) is 7.45. The molecule has 0 aliphatic rings. The molecule has 4 nitrogen and oxygen atoms in total. The van der Waals surface area contributed by atoms with E-state index in [1.165, 1.54) is 12.1 Å². The third-order valence-electron chi connectivity index (χ3n) is 5.03. The van der Waals surface area contributed by atoms with Gasteiger partial charge in [0.2, 0.25) is 0 Å². The minimum atomic E-state index is -3.65. The van der Waals surface area contributed by atoms with E-state index in [0.717, 1.165) is 29.8 Å². The molecule has 0 bridgehead atoms. The van der Waals surface area contributed by atoms with Gasteiger partial charge in [-0.3, -0.25) is 4.79 Å². The quantitative estimate of drug-likeness (QED) is 0.285. The van der Waals surface area contributed by atoms with Crippen LogP contribution >= 0.6 is 0 Å². The number of hydrogen-bond donors (Lipinski definition) is 2. The fraction of sp³-hybridized carbons (Fsp3) is 0.240. The molecule has 8 heteroatoms. The first-order chi connectivity index (χ1) is 15.8. The minimum Gasteiger partial charge on any atom is -0.486 e. The summed E-state index contributed by atoms with van der Waals surface area (Å²) in [5, 5.41) is 11.5. The van der Waals surface area contributed by atoms with Gasteiger partial charge in [0.15, 0.2) is 0 Å². The molecule has 0 aromatic heterocycles. The first kappa shape index (κ1) is 24.3. The first-order valence-corrected chi connectivity index (χ1v) is 10.4. The monoisotopic (exact) mass is 461 g/mol. The van der Waals surface area contributed by atoms with E-state index in [9.17, 15) is 22.4 Å². The molecule has 1 atom stereocenters. The molecular weight excluding hydrogens is 438 g/mol. The van der Waals surface area contributed by atoms with Crippen LogP contribution in [0.2, 0.25) is 0 Å². The number of benzene rings is 3. The Morgan fingerprint density at radius 1 is 1.00 bits per heavy atom. The van der Waals surface area contributed by atoms with Crippen molar-refractivity contribution in [2.45, 2.75) is 24.9 Å². The van der Waals surface area contributed by atoms with Gasteiger partial charge in [0.25, 0.3) is 0 Å². The minimum absolute atomic E-state index is 0.138. The van der Waals surface area contributed by atoms with E-state index >= 15 is 0 Å². The van der Waals surface area contributed by atoms with Gasteiger partial charge < -0.3 is 15.2 Å². The number of aliphatic carboxylic acids is 1. The molecule has 2 N–H and O–H groups in total. The predicted octanol–water partition coefficient (Wildman–Crippen LogP) is 5.68. The highest BCUT2D eigenvalue weighted by atomic mass is 19.3. The zero-order chi connectivity index (χ0) is 23.8. The predicted molar refractivity (Wildman–Crippen MR) is 115 cm³/mol. The van der Waals surface area contributed by atoms with Gasteiger partial charge in [-0.25, -0.2) is 8.78 Å². The van der Waals surface area contributed by atoms with Gasteiger partial charge in [0.05, 0.1) is 12.1 Å². The molecule has 0 heterocycles. The number of ether oxygens (including phenoxy) is 1. The Hall–Kier alpha value is -3.39. The van der Waals surface area contributed by atoms with Gasteiger partial charge in [-0.2, -0.15) is 8.78 Å². The van der Waals surface area contributed by atoms with Crippen LogP contribution in [0.5, 0.6) is 5.75 Å². The van der Waals surface area contributed by atoms with Crippen LogP contribution in [0, 0.1) is 11.6 Å². The number of carbonyl (C=O) groups is 1. The van der Waals surface area contributed by atoms with Crippen molar-refractivity contribution < 1.29 is 32.2 Å². The van der Waals surface area contributed by atoms with E-state index in [0.29, 0.717) is 31.2 Å². The largest absolute Gasteiger partial charge is 0.486 e. The van der Waals surface area contributed by atoms with E-state index < -0.39 is 34.7 Å². The van der Waals surface area contributed by atoms with Crippen molar-refractivity contribution in [3.05, 3.63) is 101 Å². The maximum atomic E-state index is 14.8. The van der Waals surface area contributed by atoms with Crippen molar-refractivity contribution in [2.24, 2.45) is 0 Å². The van der Waals surface area contributed by atoms with Crippen LogP contribution in [0.15, 0.2) is 72.8 Å². The number of rotatable bonds is 11. The number of carboxylic acid groups (broad SMARTS) is 1. The third kappa shape index (κ3) is 6.55. The zero-order valence-electron chi connectivity index (χ0n) is 17.6. The number of hydrogen-bond acceptors (Lipinski definition) is 3. The smallest absolute Gasteiger partial charge is 0.317 e. The molecule has 33 heavy (non-hydrogen) atoms. The molecule has 1 unspecified atom stereocenters. The highest BCUT2D eigenvalue weighted by molar-refractivity contribution is 5.68. The van der Waals surface area contributed by atoms with Crippen molar-refractivity contribution in [2.75, 3.05) is 13.1 Å². The SMILES string of the molecule is O=C(O)CNCCCC(Oc1ccc(C(F)(F)c2ccc(F)cc2F)cc1)c1ccccc1. The Kier molecular flexibility index (Phi) is 8.06. The Morgan fingerprint density at radius 3 is 2.33 bits per heavy atom. The Labute approximate surface area is 188 Å². The highest BCUT2D eigenvalue weighted by Gasteiger charge is 2.37. The normalized spacial score (nSPS) is 12.4. The lowest BCUT2D eigenvalue weighted by Crippen LogP contribution is -2.24. The summed E-state index contributed by atoms with van der Waals surface area (Å²) in [6, 6.07) is 16.3. The fourth-order valence-corrected chi connectivity index (χ4v) is 3.38. The molecular formula is C25H23F4NO3. The van der Waals surface area contributed by atoms with E-state index in [-0.39, 0.29) is 12.6 Å². The van der Waals surface area contributed by atoms with Gasteiger partial charge in [0, 0.05) is 11.6 Å². The standard InChI is InChI=1S/C25H23F4NO3/c26-19-10-13-21(22(27)15-19)25(28,29)18-8-11-20(12-9-18)33-23(17-5-2-1-3-6-17)7-4-14-30-16-24(31)32/h1-3,5-6,8-13,15,23,30H,4,7,14,16H2,(H,31,32). The summed E-state index contributed by atoms with van der Waals surface area (Å²) in [4.78, 5) is 10.6.